The molecule has 22 heavy (non-hydrogen) atoms. The zero-order valence-electron chi connectivity index (χ0n) is 12.3. The van der Waals surface area contributed by atoms with Gasteiger partial charge in [-0.2, -0.15) is 0 Å². The van der Waals surface area contributed by atoms with Crippen molar-refractivity contribution >= 4 is 27.5 Å². The summed E-state index contributed by atoms with van der Waals surface area (Å²) in [6.45, 7) is 2.07. The number of nitrogens with one attached hydrogen (secondary N) is 3. The molecule has 4 nitrogen and oxygen atoms in total. The van der Waals surface area contributed by atoms with Crippen LogP contribution in [0.1, 0.15) is 23.6 Å². The Morgan fingerprint density at radius 1 is 1.14 bits per heavy atom. The van der Waals surface area contributed by atoms with Crippen LogP contribution in [0.25, 0.3) is 0 Å². The highest BCUT2D eigenvalue weighted by Gasteiger charge is 2.30. The number of rotatable bonds is 3. The van der Waals surface area contributed by atoms with Crippen molar-refractivity contribution < 1.29 is 4.79 Å². The van der Waals surface area contributed by atoms with Crippen molar-refractivity contribution in [2.24, 2.45) is 0 Å². The molecule has 2 unspecified atom stereocenters. The summed E-state index contributed by atoms with van der Waals surface area (Å²) < 4.78 is 0.879. The average Bonchev–Trinajstić information content (AvgIpc) is 3.00. The molecule has 0 radical (unpaired) electrons. The molecule has 114 valence electrons. The van der Waals surface area contributed by atoms with E-state index in [-0.39, 0.29) is 18.0 Å². The number of aryl methyl sites for hydroxylation is 1. The second kappa shape index (κ2) is 6.60. The van der Waals surface area contributed by atoms with Crippen LogP contribution in [0.5, 0.6) is 0 Å². The molecule has 2 atom stereocenters. The summed E-state index contributed by atoms with van der Waals surface area (Å²) in [6, 6.07) is 15.9. The molecule has 1 saturated heterocycles. The van der Waals surface area contributed by atoms with E-state index < -0.39 is 0 Å². The standard InChI is InChI=1S/C17H18BrN3O/c1-11-6-8-12(9-7-11)15-10-16(21-20-15)17(22)19-14-5-3-2-4-13(14)18/h2-9,15-16,20-21H,10H2,1H3,(H,19,22). The van der Waals surface area contributed by atoms with Gasteiger partial charge in [0.25, 0.3) is 0 Å². The highest BCUT2D eigenvalue weighted by molar-refractivity contribution is 9.10. The summed E-state index contributed by atoms with van der Waals surface area (Å²) in [6.07, 6.45) is 0.722. The molecule has 5 heteroatoms. The zero-order chi connectivity index (χ0) is 15.5. The first-order valence-corrected chi connectivity index (χ1v) is 8.06. The number of halogens is 1. The van der Waals surface area contributed by atoms with Gasteiger partial charge in [-0.15, -0.1) is 0 Å². The van der Waals surface area contributed by atoms with Gasteiger partial charge in [0.05, 0.1) is 5.69 Å². The molecule has 3 rings (SSSR count). The van der Waals surface area contributed by atoms with Crippen molar-refractivity contribution in [1.82, 2.24) is 10.9 Å². The number of para-hydroxylation sites is 1. The monoisotopic (exact) mass is 359 g/mol. The van der Waals surface area contributed by atoms with Crippen LogP contribution >= 0.6 is 15.9 Å². The van der Waals surface area contributed by atoms with Gasteiger partial charge in [-0.25, -0.2) is 10.9 Å². The van der Waals surface area contributed by atoms with Crippen molar-refractivity contribution in [3.05, 3.63) is 64.1 Å². The number of carbonyl (C=O) groups excluding carboxylic acids is 1. The van der Waals surface area contributed by atoms with Crippen LogP contribution in [0.2, 0.25) is 0 Å². The largest absolute Gasteiger partial charge is 0.324 e. The van der Waals surface area contributed by atoms with Crippen LogP contribution in [0.15, 0.2) is 53.0 Å². The maximum atomic E-state index is 12.4. The Hall–Kier alpha value is -1.69. The van der Waals surface area contributed by atoms with Gasteiger partial charge >= 0.3 is 0 Å². The van der Waals surface area contributed by atoms with Crippen LogP contribution in [-0.2, 0) is 4.79 Å². The van der Waals surface area contributed by atoms with Crippen LogP contribution < -0.4 is 16.2 Å². The smallest absolute Gasteiger partial charge is 0.242 e. The van der Waals surface area contributed by atoms with Crippen LogP contribution in [0.3, 0.4) is 0 Å². The Kier molecular flexibility index (Phi) is 4.57. The number of hydrazine groups is 1. The molecule has 1 fully saturated rings. The molecule has 2 aromatic rings. The number of anilines is 1. The van der Waals surface area contributed by atoms with E-state index in [0.29, 0.717) is 0 Å². The summed E-state index contributed by atoms with van der Waals surface area (Å²) in [4.78, 5) is 12.4. The van der Waals surface area contributed by atoms with E-state index in [2.05, 4.69) is 63.3 Å². The molecule has 2 aromatic carbocycles. The van der Waals surface area contributed by atoms with Gasteiger partial charge in [-0.05, 0) is 47.0 Å². The Labute approximate surface area is 138 Å². The van der Waals surface area contributed by atoms with Crippen molar-refractivity contribution in [2.75, 3.05) is 5.32 Å². The molecular weight excluding hydrogens is 342 g/mol. The van der Waals surface area contributed by atoms with Gasteiger partial charge in [-0.3, -0.25) is 4.79 Å². The lowest BCUT2D eigenvalue weighted by Crippen LogP contribution is -2.39. The SMILES string of the molecule is Cc1ccc(C2CC(C(=O)Nc3ccccc3Br)NN2)cc1. The summed E-state index contributed by atoms with van der Waals surface area (Å²) in [7, 11) is 0. The van der Waals surface area contributed by atoms with Gasteiger partial charge in [-0.1, -0.05) is 42.0 Å². The van der Waals surface area contributed by atoms with E-state index in [1.54, 1.807) is 0 Å². The molecule has 1 amide bonds. The lowest BCUT2D eigenvalue weighted by atomic mass is 10.0. The Morgan fingerprint density at radius 2 is 1.86 bits per heavy atom. The van der Waals surface area contributed by atoms with Gasteiger partial charge < -0.3 is 5.32 Å². The van der Waals surface area contributed by atoms with Crippen LogP contribution in [0, 0.1) is 6.92 Å². The molecule has 3 N–H and O–H groups in total. The molecule has 0 aromatic heterocycles. The summed E-state index contributed by atoms with van der Waals surface area (Å²) >= 11 is 3.44. The predicted molar refractivity (Wildman–Crippen MR) is 91.4 cm³/mol. The fourth-order valence-electron chi connectivity index (χ4n) is 2.53. The third-order valence-electron chi connectivity index (χ3n) is 3.83. The van der Waals surface area contributed by atoms with Crippen LogP contribution in [0.4, 0.5) is 5.69 Å². The Bertz CT molecular complexity index is 672. The van der Waals surface area contributed by atoms with Crippen molar-refractivity contribution in [3.8, 4) is 0 Å². The van der Waals surface area contributed by atoms with Gasteiger partial charge in [0.2, 0.25) is 5.91 Å². The quantitative estimate of drug-likeness (QED) is 0.787. The van der Waals surface area contributed by atoms with E-state index in [0.717, 1.165) is 16.6 Å². The molecule has 0 saturated carbocycles. The highest BCUT2D eigenvalue weighted by atomic mass is 79.9. The predicted octanol–water partition coefficient (Wildman–Crippen LogP) is 3.30. The van der Waals surface area contributed by atoms with E-state index in [1.807, 2.05) is 24.3 Å². The van der Waals surface area contributed by atoms with Gasteiger partial charge in [0.15, 0.2) is 0 Å². The van der Waals surface area contributed by atoms with Crippen molar-refractivity contribution in [1.29, 1.82) is 0 Å². The maximum Gasteiger partial charge on any atom is 0.242 e. The second-order valence-electron chi connectivity index (χ2n) is 5.51. The van der Waals surface area contributed by atoms with E-state index in [1.165, 1.54) is 11.1 Å². The molecular formula is C17H18BrN3O. The molecule has 0 bridgehead atoms. The lowest BCUT2D eigenvalue weighted by Gasteiger charge is -2.12. The summed E-state index contributed by atoms with van der Waals surface area (Å²) in [5, 5.41) is 2.94. The topological polar surface area (TPSA) is 53.2 Å². The third-order valence-corrected chi connectivity index (χ3v) is 4.52. The first kappa shape index (κ1) is 15.2. The van der Waals surface area contributed by atoms with E-state index in [9.17, 15) is 4.79 Å². The maximum absolute atomic E-state index is 12.4. The van der Waals surface area contributed by atoms with E-state index in [4.69, 9.17) is 0 Å². The molecule has 1 heterocycles. The number of hydrogen-bond acceptors (Lipinski definition) is 3. The first-order chi connectivity index (χ1) is 10.6. The Morgan fingerprint density at radius 3 is 2.59 bits per heavy atom. The first-order valence-electron chi connectivity index (χ1n) is 7.26. The number of hydrogen-bond donors (Lipinski definition) is 3. The van der Waals surface area contributed by atoms with Crippen molar-refractivity contribution in [2.45, 2.75) is 25.4 Å². The number of carbonyl (C=O) groups is 1. The van der Waals surface area contributed by atoms with Gasteiger partial charge in [0.1, 0.15) is 6.04 Å². The minimum atomic E-state index is -0.251. The minimum Gasteiger partial charge on any atom is -0.324 e. The summed E-state index contributed by atoms with van der Waals surface area (Å²) in [5.41, 5.74) is 9.49. The number of benzene rings is 2. The minimum absolute atomic E-state index is 0.0333. The number of amides is 1. The normalized spacial score (nSPS) is 20.8. The molecule has 0 aliphatic carbocycles. The fourth-order valence-corrected chi connectivity index (χ4v) is 2.91. The highest BCUT2D eigenvalue weighted by Crippen LogP contribution is 2.25. The summed E-state index contributed by atoms with van der Waals surface area (Å²) in [5.74, 6) is -0.0333. The second-order valence-corrected chi connectivity index (χ2v) is 6.36. The molecule has 0 spiro atoms. The van der Waals surface area contributed by atoms with Gasteiger partial charge in [0, 0.05) is 10.5 Å². The molecule has 1 aliphatic rings. The molecule has 1 aliphatic heterocycles. The Balaban J connectivity index is 1.64. The zero-order valence-corrected chi connectivity index (χ0v) is 13.9. The van der Waals surface area contributed by atoms with Crippen LogP contribution in [-0.4, -0.2) is 11.9 Å². The third kappa shape index (κ3) is 3.38. The lowest BCUT2D eigenvalue weighted by molar-refractivity contribution is -0.117. The average molecular weight is 360 g/mol. The van der Waals surface area contributed by atoms with Crippen molar-refractivity contribution in [3.63, 3.8) is 0 Å². The van der Waals surface area contributed by atoms with E-state index >= 15 is 0 Å². The fraction of sp³-hybridized carbons (Fsp3) is 0.235.